The predicted octanol–water partition coefficient (Wildman–Crippen LogP) is 4.83. The van der Waals surface area contributed by atoms with Crippen molar-refractivity contribution in [2.45, 2.75) is 20.0 Å². The Balaban J connectivity index is 1.84. The lowest BCUT2D eigenvalue weighted by Gasteiger charge is -2.14. The molecule has 0 atom stereocenters. The Labute approximate surface area is 155 Å². The molecule has 3 heteroatoms. The van der Waals surface area contributed by atoms with Gasteiger partial charge in [0.1, 0.15) is 13.2 Å². The highest BCUT2D eigenvalue weighted by Gasteiger charge is 2.09. The van der Waals surface area contributed by atoms with Crippen molar-refractivity contribution in [1.29, 1.82) is 0 Å². The summed E-state index contributed by atoms with van der Waals surface area (Å²) in [6.07, 6.45) is 1.04. The molecule has 0 spiro atoms. The molecule has 3 nitrogen and oxygen atoms in total. The van der Waals surface area contributed by atoms with Crippen LogP contribution in [0.25, 0.3) is 11.1 Å². The number of hydrogen-bond acceptors (Lipinski definition) is 3. The van der Waals surface area contributed by atoms with Crippen LogP contribution in [0.5, 0.6) is 11.5 Å². The normalized spacial score (nSPS) is 10.5. The third-order valence-corrected chi connectivity index (χ3v) is 4.25. The van der Waals surface area contributed by atoms with Crippen LogP contribution in [-0.2, 0) is 13.0 Å². The van der Waals surface area contributed by atoms with Crippen molar-refractivity contribution in [3.63, 3.8) is 0 Å². The molecule has 0 aliphatic heterocycles. The van der Waals surface area contributed by atoms with Gasteiger partial charge in [0.2, 0.25) is 0 Å². The van der Waals surface area contributed by atoms with E-state index >= 15 is 0 Å². The number of rotatable bonds is 8. The Morgan fingerprint density at radius 3 is 2.15 bits per heavy atom. The molecule has 0 aromatic heterocycles. The monoisotopic (exact) mass is 347 g/mol. The van der Waals surface area contributed by atoms with Crippen LogP contribution in [0.4, 0.5) is 0 Å². The maximum Gasteiger partial charge on any atom is 0.162 e. The third kappa shape index (κ3) is 4.64. The van der Waals surface area contributed by atoms with Crippen molar-refractivity contribution < 1.29 is 9.47 Å². The minimum atomic E-state index is 0.465. The zero-order valence-electron chi connectivity index (χ0n) is 15.2. The number of nitrogens with two attached hydrogens (primary N) is 1. The van der Waals surface area contributed by atoms with Crippen molar-refractivity contribution in [2.24, 2.45) is 5.73 Å². The minimum Gasteiger partial charge on any atom is -0.488 e. The fourth-order valence-corrected chi connectivity index (χ4v) is 2.76. The van der Waals surface area contributed by atoms with Gasteiger partial charge in [0.15, 0.2) is 11.5 Å². The average Bonchev–Trinajstić information content (AvgIpc) is 2.72. The van der Waals surface area contributed by atoms with E-state index in [9.17, 15) is 0 Å². The highest BCUT2D eigenvalue weighted by molar-refractivity contribution is 5.67. The first-order valence-corrected chi connectivity index (χ1v) is 9.03. The van der Waals surface area contributed by atoms with E-state index < -0.39 is 0 Å². The molecule has 0 radical (unpaired) electrons. The quantitative estimate of drug-likeness (QED) is 0.634. The Bertz CT molecular complexity index is 813. The van der Waals surface area contributed by atoms with Crippen molar-refractivity contribution in [2.75, 3.05) is 13.2 Å². The smallest absolute Gasteiger partial charge is 0.162 e. The molecule has 134 valence electrons. The van der Waals surface area contributed by atoms with Gasteiger partial charge >= 0.3 is 0 Å². The van der Waals surface area contributed by atoms with E-state index in [1.54, 1.807) is 0 Å². The lowest BCUT2D eigenvalue weighted by Crippen LogP contribution is -2.11. The second-order valence-electron chi connectivity index (χ2n) is 6.12. The fraction of sp³-hybridized carbons (Fsp3) is 0.217. The second kappa shape index (κ2) is 9.07. The van der Waals surface area contributed by atoms with Gasteiger partial charge < -0.3 is 15.2 Å². The average molecular weight is 347 g/mol. The molecule has 0 saturated carbocycles. The molecule has 3 rings (SSSR count). The summed E-state index contributed by atoms with van der Waals surface area (Å²) < 4.78 is 11.8. The Hall–Kier alpha value is -2.78. The van der Waals surface area contributed by atoms with Gasteiger partial charge in [-0.05, 0) is 40.8 Å². The maximum atomic E-state index is 6.06. The molecular weight excluding hydrogens is 322 g/mol. The molecule has 0 amide bonds. The molecule has 0 heterocycles. The molecule has 3 aromatic rings. The van der Waals surface area contributed by atoms with Crippen LogP contribution in [0.3, 0.4) is 0 Å². The largest absolute Gasteiger partial charge is 0.488 e. The van der Waals surface area contributed by atoms with Crippen LogP contribution >= 0.6 is 0 Å². The minimum absolute atomic E-state index is 0.465. The summed E-state index contributed by atoms with van der Waals surface area (Å²) in [5.41, 5.74) is 10.3. The van der Waals surface area contributed by atoms with Gasteiger partial charge in [-0.25, -0.2) is 0 Å². The van der Waals surface area contributed by atoms with Gasteiger partial charge in [-0.15, -0.1) is 0 Å². The number of ether oxygens (including phenoxy) is 2. The molecule has 26 heavy (non-hydrogen) atoms. The van der Waals surface area contributed by atoms with E-state index in [2.05, 4.69) is 37.3 Å². The van der Waals surface area contributed by atoms with Crippen LogP contribution < -0.4 is 15.2 Å². The zero-order valence-corrected chi connectivity index (χ0v) is 15.2. The van der Waals surface area contributed by atoms with Gasteiger partial charge in [-0.1, -0.05) is 67.6 Å². The molecule has 0 aliphatic rings. The fourth-order valence-electron chi connectivity index (χ4n) is 2.76. The molecule has 0 aliphatic carbocycles. The first-order valence-electron chi connectivity index (χ1n) is 9.03. The third-order valence-electron chi connectivity index (χ3n) is 4.25. The van der Waals surface area contributed by atoms with E-state index in [0.717, 1.165) is 34.6 Å². The Kier molecular flexibility index (Phi) is 6.29. The van der Waals surface area contributed by atoms with Crippen molar-refractivity contribution >= 4 is 0 Å². The van der Waals surface area contributed by atoms with Gasteiger partial charge in [0, 0.05) is 6.54 Å². The maximum absolute atomic E-state index is 6.06. The summed E-state index contributed by atoms with van der Waals surface area (Å²) in [7, 11) is 0. The zero-order chi connectivity index (χ0) is 18.2. The van der Waals surface area contributed by atoms with Crippen molar-refractivity contribution in [1.82, 2.24) is 0 Å². The van der Waals surface area contributed by atoms with Crippen LogP contribution in [-0.4, -0.2) is 13.2 Å². The molecule has 0 saturated heterocycles. The number of benzene rings is 3. The molecule has 0 unspecified atom stereocenters. The van der Waals surface area contributed by atoms with Gasteiger partial charge in [0.25, 0.3) is 0 Å². The Morgan fingerprint density at radius 1 is 0.731 bits per heavy atom. The van der Waals surface area contributed by atoms with Crippen LogP contribution in [0.2, 0.25) is 0 Å². The van der Waals surface area contributed by atoms with Crippen LogP contribution in [0, 0.1) is 0 Å². The second-order valence-corrected chi connectivity index (χ2v) is 6.12. The summed E-state index contributed by atoms with van der Waals surface area (Å²) in [4.78, 5) is 0. The van der Waals surface area contributed by atoms with Crippen LogP contribution in [0.1, 0.15) is 18.1 Å². The highest BCUT2D eigenvalue weighted by Crippen LogP contribution is 2.33. The van der Waals surface area contributed by atoms with Gasteiger partial charge in [-0.3, -0.25) is 0 Å². The first-order chi connectivity index (χ1) is 12.8. The van der Waals surface area contributed by atoms with E-state index in [1.165, 1.54) is 5.56 Å². The highest BCUT2D eigenvalue weighted by atomic mass is 16.5. The topological polar surface area (TPSA) is 44.5 Å². The molecule has 3 aromatic carbocycles. The van der Waals surface area contributed by atoms with E-state index in [4.69, 9.17) is 15.2 Å². The first kappa shape index (κ1) is 18.0. The molecule has 2 N–H and O–H groups in total. The Morgan fingerprint density at radius 2 is 1.46 bits per heavy atom. The van der Waals surface area contributed by atoms with E-state index in [1.807, 2.05) is 42.5 Å². The molecule has 0 bridgehead atoms. The summed E-state index contributed by atoms with van der Waals surface area (Å²) in [5.74, 6) is 1.46. The summed E-state index contributed by atoms with van der Waals surface area (Å²) in [6.45, 7) is 3.59. The molecule has 0 fully saturated rings. The number of aryl methyl sites for hydroxylation is 1. The molecular formula is C23H25NO2. The standard InChI is InChI=1S/C23H25NO2/c1-2-18-8-10-20(11-9-18)21-12-13-22(25-15-14-24)23(16-21)26-17-19-6-4-3-5-7-19/h3-13,16H,2,14-15,17,24H2,1H3. The van der Waals surface area contributed by atoms with Gasteiger partial charge in [0.05, 0.1) is 0 Å². The summed E-state index contributed by atoms with van der Waals surface area (Å²) >= 11 is 0. The lowest BCUT2D eigenvalue weighted by atomic mass is 10.0. The van der Waals surface area contributed by atoms with Crippen LogP contribution in [0.15, 0.2) is 72.8 Å². The van der Waals surface area contributed by atoms with Gasteiger partial charge in [-0.2, -0.15) is 0 Å². The van der Waals surface area contributed by atoms with Crippen molar-refractivity contribution in [3.05, 3.63) is 83.9 Å². The lowest BCUT2D eigenvalue weighted by molar-refractivity contribution is 0.266. The SMILES string of the molecule is CCc1ccc(-c2ccc(OCCN)c(OCc3ccccc3)c2)cc1. The number of hydrogen-bond donors (Lipinski definition) is 1. The van der Waals surface area contributed by atoms with Crippen molar-refractivity contribution in [3.8, 4) is 22.6 Å². The summed E-state index contributed by atoms with van der Waals surface area (Å²) in [5, 5.41) is 0. The van der Waals surface area contributed by atoms with E-state index in [0.29, 0.717) is 19.8 Å². The van der Waals surface area contributed by atoms with E-state index in [-0.39, 0.29) is 0 Å². The summed E-state index contributed by atoms with van der Waals surface area (Å²) in [6, 6.07) is 24.8. The predicted molar refractivity (Wildman–Crippen MR) is 107 cm³/mol.